The Morgan fingerprint density at radius 1 is 1.30 bits per heavy atom. The highest BCUT2D eigenvalue weighted by molar-refractivity contribution is 8.07. The van der Waals surface area contributed by atoms with E-state index in [0.29, 0.717) is 5.56 Å². The largest absolute Gasteiger partial charge is 0.478 e. The number of carbonyl (C=O) groups is 1. The Bertz CT molecular complexity index is 725. The SMILES string of the molecule is O=C(O)c1ccc(C2SC=C3Sc4nncn4N32)cc1. The molecule has 0 spiro atoms. The highest BCUT2D eigenvalue weighted by Gasteiger charge is 2.37. The fraction of sp³-hybridized carbons (Fsp3) is 0.0833. The fourth-order valence-electron chi connectivity index (χ4n) is 2.18. The minimum atomic E-state index is -0.910. The maximum absolute atomic E-state index is 10.9. The summed E-state index contributed by atoms with van der Waals surface area (Å²) in [5.74, 6) is -0.910. The molecule has 3 heterocycles. The van der Waals surface area contributed by atoms with E-state index in [-0.39, 0.29) is 5.37 Å². The standard InChI is InChI=1S/C12H8N4O2S2/c17-11(18)8-3-1-7(2-4-8)10-16-9(5-19-10)20-12-14-13-6-15(12)16/h1-6,10H,(H,17,18). The molecule has 4 rings (SSSR count). The molecule has 1 atom stereocenters. The van der Waals surface area contributed by atoms with Gasteiger partial charge in [0.2, 0.25) is 5.16 Å². The number of aromatic nitrogens is 3. The Morgan fingerprint density at radius 3 is 2.85 bits per heavy atom. The maximum atomic E-state index is 10.9. The zero-order chi connectivity index (χ0) is 13.7. The summed E-state index contributed by atoms with van der Waals surface area (Å²) in [7, 11) is 0. The number of fused-ring (bicyclic) bond motifs is 3. The average Bonchev–Trinajstić information content (AvgIpc) is 3.10. The van der Waals surface area contributed by atoms with Crippen LogP contribution in [0.2, 0.25) is 0 Å². The van der Waals surface area contributed by atoms with E-state index < -0.39 is 5.97 Å². The molecule has 8 heteroatoms. The summed E-state index contributed by atoms with van der Waals surface area (Å²) in [6, 6.07) is 6.97. The molecule has 0 saturated heterocycles. The second-order valence-corrected chi connectivity index (χ2v) is 6.22. The summed E-state index contributed by atoms with van der Waals surface area (Å²) in [5, 5.41) is 23.2. The number of hydrogen-bond acceptors (Lipinski definition) is 6. The van der Waals surface area contributed by atoms with Gasteiger partial charge in [-0.05, 0) is 29.5 Å². The maximum Gasteiger partial charge on any atom is 0.335 e. The zero-order valence-corrected chi connectivity index (χ0v) is 11.6. The van der Waals surface area contributed by atoms with Crippen LogP contribution in [-0.2, 0) is 0 Å². The van der Waals surface area contributed by atoms with E-state index in [9.17, 15) is 4.79 Å². The molecule has 1 aromatic carbocycles. The Balaban J connectivity index is 1.69. The molecule has 0 bridgehead atoms. The smallest absolute Gasteiger partial charge is 0.335 e. The fourth-order valence-corrected chi connectivity index (χ4v) is 4.39. The van der Waals surface area contributed by atoms with Crippen LogP contribution < -0.4 is 5.01 Å². The van der Waals surface area contributed by atoms with Gasteiger partial charge in [0.05, 0.1) is 5.56 Å². The van der Waals surface area contributed by atoms with Crippen LogP contribution >= 0.6 is 23.5 Å². The minimum Gasteiger partial charge on any atom is -0.478 e. The normalized spacial score (nSPS) is 19.7. The van der Waals surface area contributed by atoms with Gasteiger partial charge in [-0.3, -0.25) is 5.01 Å². The first-order valence-electron chi connectivity index (χ1n) is 5.80. The summed E-state index contributed by atoms with van der Waals surface area (Å²) in [6.45, 7) is 0. The van der Waals surface area contributed by atoms with Crippen molar-refractivity contribution in [3.8, 4) is 0 Å². The van der Waals surface area contributed by atoms with E-state index in [1.54, 1.807) is 42.0 Å². The van der Waals surface area contributed by atoms with Crippen molar-refractivity contribution in [2.24, 2.45) is 0 Å². The van der Waals surface area contributed by atoms with Gasteiger partial charge in [-0.2, -0.15) is 0 Å². The number of thioether (sulfide) groups is 2. The molecule has 2 aliphatic heterocycles. The van der Waals surface area contributed by atoms with Gasteiger partial charge in [0.1, 0.15) is 16.7 Å². The van der Waals surface area contributed by atoms with Crippen molar-refractivity contribution < 1.29 is 9.90 Å². The lowest BCUT2D eigenvalue weighted by Crippen LogP contribution is -2.28. The first-order valence-corrected chi connectivity index (χ1v) is 7.56. The molecule has 0 aliphatic carbocycles. The van der Waals surface area contributed by atoms with E-state index in [1.165, 1.54) is 0 Å². The van der Waals surface area contributed by atoms with Crippen molar-refractivity contribution in [3.05, 3.63) is 52.2 Å². The summed E-state index contributed by atoms with van der Waals surface area (Å²) >= 11 is 3.27. The molecule has 1 N–H and O–H groups in total. The van der Waals surface area contributed by atoms with Gasteiger partial charge in [-0.1, -0.05) is 23.9 Å². The van der Waals surface area contributed by atoms with Crippen LogP contribution in [0.5, 0.6) is 0 Å². The molecular formula is C12H8N4O2S2. The monoisotopic (exact) mass is 304 g/mol. The molecule has 0 radical (unpaired) electrons. The number of benzene rings is 1. The minimum absolute atomic E-state index is 0.0811. The number of rotatable bonds is 2. The summed E-state index contributed by atoms with van der Waals surface area (Å²) in [4.78, 5) is 10.9. The third-order valence-corrected chi connectivity index (χ3v) is 5.32. The lowest BCUT2D eigenvalue weighted by atomic mass is 10.1. The number of carboxylic acids is 1. The topological polar surface area (TPSA) is 71.2 Å². The van der Waals surface area contributed by atoms with Gasteiger partial charge >= 0.3 is 5.97 Å². The second kappa shape index (κ2) is 4.29. The van der Waals surface area contributed by atoms with E-state index >= 15 is 0 Å². The number of nitrogens with zero attached hydrogens (tertiary/aromatic N) is 4. The summed E-state index contributed by atoms with van der Waals surface area (Å²) < 4.78 is 1.92. The highest BCUT2D eigenvalue weighted by atomic mass is 32.2. The molecule has 20 heavy (non-hydrogen) atoms. The summed E-state index contributed by atoms with van der Waals surface area (Å²) in [6.07, 6.45) is 1.69. The van der Waals surface area contributed by atoms with Crippen molar-refractivity contribution in [2.75, 3.05) is 5.01 Å². The highest BCUT2D eigenvalue weighted by Crippen LogP contribution is 2.50. The average molecular weight is 304 g/mol. The zero-order valence-electron chi connectivity index (χ0n) is 10.0. The van der Waals surface area contributed by atoms with Gasteiger partial charge in [0, 0.05) is 5.41 Å². The molecule has 0 amide bonds. The van der Waals surface area contributed by atoms with Crippen LogP contribution in [0.1, 0.15) is 21.3 Å². The third-order valence-electron chi connectivity index (χ3n) is 3.12. The van der Waals surface area contributed by atoms with Crippen LogP contribution in [0.3, 0.4) is 0 Å². The van der Waals surface area contributed by atoms with Crippen molar-refractivity contribution in [1.29, 1.82) is 0 Å². The predicted octanol–water partition coefficient (Wildman–Crippen LogP) is 2.26. The Labute approximate surface area is 122 Å². The molecule has 0 saturated carbocycles. The predicted molar refractivity (Wildman–Crippen MR) is 75.9 cm³/mol. The molecule has 2 aliphatic rings. The molecule has 1 aromatic heterocycles. The molecule has 100 valence electrons. The van der Waals surface area contributed by atoms with Crippen LogP contribution in [0, 0.1) is 0 Å². The number of hydrogen-bond donors (Lipinski definition) is 1. The molecule has 0 fully saturated rings. The lowest BCUT2D eigenvalue weighted by Gasteiger charge is -2.24. The van der Waals surface area contributed by atoms with Gasteiger partial charge in [-0.15, -0.1) is 10.2 Å². The van der Waals surface area contributed by atoms with E-state index in [4.69, 9.17) is 5.11 Å². The Hall–Kier alpha value is -1.93. The molecule has 1 unspecified atom stereocenters. The van der Waals surface area contributed by atoms with Gasteiger partial charge in [0.25, 0.3) is 0 Å². The van der Waals surface area contributed by atoms with Gasteiger partial charge < -0.3 is 5.11 Å². The van der Waals surface area contributed by atoms with E-state index in [0.717, 1.165) is 15.7 Å². The van der Waals surface area contributed by atoms with Gasteiger partial charge in [-0.25, -0.2) is 9.47 Å². The number of carboxylic acid groups (broad SMARTS) is 1. The quantitative estimate of drug-likeness (QED) is 0.912. The number of aromatic carboxylic acids is 1. The van der Waals surface area contributed by atoms with Crippen LogP contribution in [-0.4, -0.2) is 25.9 Å². The van der Waals surface area contributed by atoms with Crippen LogP contribution in [0.25, 0.3) is 0 Å². The third kappa shape index (κ3) is 1.65. The molecule has 2 aromatic rings. The Kier molecular flexibility index (Phi) is 2.54. The summed E-state index contributed by atoms with van der Waals surface area (Å²) in [5.41, 5.74) is 1.35. The van der Waals surface area contributed by atoms with Crippen molar-refractivity contribution >= 4 is 29.5 Å². The second-order valence-electron chi connectivity index (χ2n) is 4.28. The Morgan fingerprint density at radius 2 is 2.10 bits per heavy atom. The molecule has 6 nitrogen and oxygen atoms in total. The lowest BCUT2D eigenvalue weighted by molar-refractivity contribution is 0.0697. The van der Waals surface area contributed by atoms with Crippen molar-refractivity contribution in [2.45, 2.75) is 10.5 Å². The van der Waals surface area contributed by atoms with E-state index in [2.05, 4.69) is 20.6 Å². The van der Waals surface area contributed by atoms with Gasteiger partial charge in [0.15, 0.2) is 0 Å². The van der Waals surface area contributed by atoms with Crippen LogP contribution in [0.15, 0.2) is 46.2 Å². The van der Waals surface area contributed by atoms with Crippen molar-refractivity contribution in [3.63, 3.8) is 0 Å². The van der Waals surface area contributed by atoms with Crippen LogP contribution in [0.4, 0.5) is 0 Å². The van der Waals surface area contributed by atoms with E-state index in [1.807, 2.05) is 16.8 Å². The first kappa shape index (κ1) is 11.9. The molecular weight excluding hydrogens is 296 g/mol. The van der Waals surface area contributed by atoms with Crippen molar-refractivity contribution in [1.82, 2.24) is 14.9 Å². The first-order chi connectivity index (χ1) is 9.74.